The Morgan fingerprint density at radius 1 is 1.20 bits per heavy atom. The van der Waals surface area contributed by atoms with Gasteiger partial charge in [-0.1, -0.05) is 24.3 Å². The van der Waals surface area contributed by atoms with Gasteiger partial charge in [-0.25, -0.2) is 0 Å². The summed E-state index contributed by atoms with van der Waals surface area (Å²) in [5.74, 6) is -0.0551. The van der Waals surface area contributed by atoms with E-state index in [0.717, 1.165) is 29.5 Å². The van der Waals surface area contributed by atoms with Crippen molar-refractivity contribution in [2.45, 2.75) is 32.4 Å². The molecule has 1 aromatic carbocycles. The average Bonchev–Trinajstić information content (AvgIpc) is 3.40. The fourth-order valence-corrected chi connectivity index (χ4v) is 2.95. The number of nitrogens with zero attached hydrogens (tertiary/aromatic N) is 4. The molecular weight excluding hydrogens is 314 g/mol. The molecule has 0 atom stereocenters. The SMILES string of the molecule is Cc1n[nH]nc1C(=O)N(Cc1cccc(-c2cccnc2)c1)C1CC1. The van der Waals surface area contributed by atoms with Gasteiger partial charge in [0.05, 0.1) is 5.69 Å². The lowest BCUT2D eigenvalue weighted by Crippen LogP contribution is -2.33. The van der Waals surface area contributed by atoms with Crippen LogP contribution in [0.15, 0.2) is 48.8 Å². The van der Waals surface area contributed by atoms with Gasteiger partial charge in [0.15, 0.2) is 5.69 Å². The van der Waals surface area contributed by atoms with E-state index in [2.05, 4.69) is 38.6 Å². The summed E-state index contributed by atoms with van der Waals surface area (Å²) in [6.45, 7) is 2.37. The Morgan fingerprint density at radius 2 is 2.04 bits per heavy atom. The summed E-state index contributed by atoms with van der Waals surface area (Å²) < 4.78 is 0. The molecule has 1 saturated carbocycles. The second-order valence-electron chi connectivity index (χ2n) is 6.36. The first-order chi connectivity index (χ1) is 12.2. The standard InChI is InChI=1S/C19H19N5O/c1-13-18(22-23-21-13)19(25)24(17-7-8-17)12-14-4-2-5-15(10-14)16-6-3-9-20-11-16/h2-6,9-11,17H,7-8,12H2,1H3,(H,21,22,23). The number of nitrogens with one attached hydrogen (secondary N) is 1. The molecule has 0 radical (unpaired) electrons. The highest BCUT2D eigenvalue weighted by atomic mass is 16.2. The Morgan fingerprint density at radius 3 is 2.72 bits per heavy atom. The molecular formula is C19H19N5O. The zero-order valence-electron chi connectivity index (χ0n) is 14.0. The smallest absolute Gasteiger partial charge is 0.276 e. The average molecular weight is 333 g/mol. The maximum atomic E-state index is 12.9. The number of hydrogen-bond donors (Lipinski definition) is 1. The number of carbonyl (C=O) groups is 1. The predicted molar refractivity (Wildman–Crippen MR) is 93.7 cm³/mol. The Kier molecular flexibility index (Phi) is 4.01. The molecule has 126 valence electrons. The molecule has 4 rings (SSSR count). The van der Waals surface area contributed by atoms with Gasteiger partial charge in [-0.3, -0.25) is 9.78 Å². The van der Waals surface area contributed by atoms with E-state index >= 15 is 0 Å². The quantitative estimate of drug-likeness (QED) is 0.779. The molecule has 0 aliphatic heterocycles. The molecule has 0 unspecified atom stereocenters. The first kappa shape index (κ1) is 15.5. The Labute approximate surface area is 145 Å². The normalized spacial score (nSPS) is 13.6. The third-order valence-corrected chi connectivity index (χ3v) is 4.45. The van der Waals surface area contributed by atoms with Gasteiger partial charge in [0.1, 0.15) is 0 Å². The van der Waals surface area contributed by atoms with Crippen molar-refractivity contribution in [3.63, 3.8) is 0 Å². The third-order valence-electron chi connectivity index (χ3n) is 4.45. The van der Waals surface area contributed by atoms with Crippen LogP contribution in [0.4, 0.5) is 0 Å². The molecule has 0 saturated heterocycles. The molecule has 3 aromatic rings. The number of H-pyrrole nitrogens is 1. The van der Waals surface area contributed by atoms with Gasteiger partial charge < -0.3 is 4.90 Å². The van der Waals surface area contributed by atoms with Crippen molar-refractivity contribution in [1.82, 2.24) is 25.3 Å². The second-order valence-corrected chi connectivity index (χ2v) is 6.36. The van der Waals surface area contributed by atoms with Crippen LogP contribution >= 0.6 is 0 Å². The van der Waals surface area contributed by atoms with Crippen LogP contribution in [-0.4, -0.2) is 37.2 Å². The van der Waals surface area contributed by atoms with Crippen LogP contribution in [0.5, 0.6) is 0 Å². The number of aromatic nitrogens is 4. The van der Waals surface area contributed by atoms with Crippen molar-refractivity contribution in [2.24, 2.45) is 0 Å². The minimum Gasteiger partial charge on any atom is -0.330 e. The number of pyridine rings is 1. The predicted octanol–water partition coefficient (Wildman–Crippen LogP) is 2.98. The summed E-state index contributed by atoms with van der Waals surface area (Å²) in [5, 5.41) is 10.5. The summed E-state index contributed by atoms with van der Waals surface area (Å²) in [4.78, 5) is 18.9. The molecule has 1 N–H and O–H groups in total. The van der Waals surface area contributed by atoms with Gasteiger partial charge in [0, 0.05) is 25.0 Å². The molecule has 25 heavy (non-hydrogen) atoms. The molecule has 0 spiro atoms. The molecule has 6 heteroatoms. The Hall–Kier alpha value is -3.02. The fraction of sp³-hybridized carbons (Fsp3) is 0.263. The topological polar surface area (TPSA) is 74.8 Å². The maximum Gasteiger partial charge on any atom is 0.276 e. The molecule has 1 aliphatic rings. The summed E-state index contributed by atoms with van der Waals surface area (Å²) in [7, 11) is 0. The van der Waals surface area contributed by atoms with Gasteiger partial charge in [0.2, 0.25) is 0 Å². The van der Waals surface area contributed by atoms with E-state index in [4.69, 9.17) is 0 Å². The molecule has 1 aliphatic carbocycles. The number of carbonyl (C=O) groups excluding carboxylic acids is 1. The largest absolute Gasteiger partial charge is 0.330 e. The first-order valence-corrected chi connectivity index (χ1v) is 8.40. The van der Waals surface area contributed by atoms with Crippen molar-refractivity contribution in [2.75, 3.05) is 0 Å². The van der Waals surface area contributed by atoms with E-state index in [1.165, 1.54) is 0 Å². The van der Waals surface area contributed by atoms with E-state index in [-0.39, 0.29) is 5.91 Å². The zero-order valence-corrected chi connectivity index (χ0v) is 14.0. The Bertz CT molecular complexity index is 886. The lowest BCUT2D eigenvalue weighted by atomic mass is 10.0. The van der Waals surface area contributed by atoms with E-state index in [1.54, 1.807) is 13.1 Å². The van der Waals surface area contributed by atoms with Crippen molar-refractivity contribution in [3.8, 4) is 11.1 Å². The highest BCUT2D eigenvalue weighted by Gasteiger charge is 2.34. The van der Waals surface area contributed by atoms with Crippen LogP contribution < -0.4 is 0 Å². The minimum atomic E-state index is -0.0551. The number of hydrogen-bond acceptors (Lipinski definition) is 4. The van der Waals surface area contributed by atoms with Crippen molar-refractivity contribution < 1.29 is 4.79 Å². The molecule has 6 nitrogen and oxygen atoms in total. The van der Waals surface area contributed by atoms with Crippen LogP contribution in [0.3, 0.4) is 0 Å². The number of benzene rings is 1. The number of aromatic amines is 1. The molecule has 1 fully saturated rings. The number of rotatable bonds is 5. The molecule has 1 amide bonds. The van der Waals surface area contributed by atoms with Gasteiger partial charge in [-0.15, -0.1) is 0 Å². The summed E-state index contributed by atoms with van der Waals surface area (Å²) in [6.07, 6.45) is 5.71. The first-order valence-electron chi connectivity index (χ1n) is 8.40. The summed E-state index contributed by atoms with van der Waals surface area (Å²) in [5.41, 5.74) is 4.32. The molecule has 2 heterocycles. The van der Waals surface area contributed by atoms with Crippen molar-refractivity contribution >= 4 is 5.91 Å². The highest BCUT2D eigenvalue weighted by molar-refractivity contribution is 5.93. The van der Waals surface area contributed by atoms with Crippen LogP contribution in [0.2, 0.25) is 0 Å². The lowest BCUT2D eigenvalue weighted by Gasteiger charge is -2.22. The lowest BCUT2D eigenvalue weighted by molar-refractivity contribution is 0.0723. The third kappa shape index (κ3) is 3.28. The fourth-order valence-electron chi connectivity index (χ4n) is 2.95. The van der Waals surface area contributed by atoms with Gasteiger partial charge in [-0.05, 0) is 48.6 Å². The molecule has 2 aromatic heterocycles. The van der Waals surface area contributed by atoms with Crippen molar-refractivity contribution in [3.05, 3.63) is 65.7 Å². The summed E-state index contributed by atoms with van der Waals surface area (Å²) >= 11 is 0. The summed E-state index contributed by atoms with van der Waals surface area (Å²) in [6, 6.07) is 12.5. The van der Waals surface area contributed by atoms with E-state index in [1.807, 2.05) is 29.3 Å². The van der Waals surface area contributed by atoms with Gasteiger partial charge >= 0.3 is 0 Å². The van der Waals surface area contributed by atoms with Crippen LogP contribution in [0.25, 0.3) is 11.1 Å². The highest BCUT2D eigenvalue weighted by Crippen LogP contribution is 2.30. The van der Waals surface area contributed by atoms with Crippen LogP contribution in [0, 0.1) is 6.92 Å². The second kappa shape index (κ2) is 6.47. The minimum absolute atomic E-state index is 0.0551. The van der Waals surface area contributed by atoms with Crippen LogP contribution in [0.1, 0.15) is 34.6 Å². The van der Waals surface area contributed by atoms with Gasteiger partial charge in [-0.2, -0.15) is 15.4 Å². The molecule has 0 bridgehead atoms. The number of aryl methyl sites for hydroxylation is 1. The monoisotopic (exact) mass is 333 g/mol. The van der Waals surface area contributed by atoms with E-state index < -0.39 is 0 Å². The maximum absolute atomic E-state index is 12.9. The zero-order chi connectivity index (χ0) is 17.2. The van der Waals surface area contributed by atoms with E-state index in [0.29, 0.717) is 24.0 Å². The number of amides is 1. The van der Waals surface area contributed by atoms with Gasteiger partial charge in [0.25, 0.3) is 5.91 Å². The van der Waals surface area contributed by atoms with E-state index in [9.17, 15) is 4.79 Å². The van der Waals surface area contributed by atoms with Crippen LogP contribution in [-0.2, 0) is 6.54 Å². The van der Waals surface area contributed by atoms with Crippen molar-refractivity contribution in [1.29, 1.82) is 0 Å². The Balaban J connectivity index is 1.59.